The third-order valence-electron chi connectivity index (χ3n) is 6.55. The number of nitrogens with zero attached hydrogens (tertiary/aromatic N) is 3. The smallest absolute Gasteiger partial charge is 0.399 e. The zero-order chi connectivity index (χ0) is 29.7. The highest BCUT2D eigenvalue weighted by Gasteiger charge is 2.36. The molecule has 0 spiro atoms. The molecule has 0 aliphatic heterocycles. The highest BCUT2D eigenvalue weighted by molar-refractivity contribution is 6.03. The van der Waals surface area contributed by atoms with Crippen LogP contribution in [-0.2, 0) is 12.7 Å². The Morgan fingerprint density at radius 2 is 1.62 bits per heavy atom. The van der Waals surface area contributed by atoms with Crippen molar-refractivity contribution < 1.29 is 18.0 Å². The number of hydrogen-bond acceptors (Lipinski definition) is 5. The summed E-state index contributed by atoms with van der Waals surface area (Å²) in [5, 5.41) is 19.1. The van der Waals surface area contributed by atoms with Crippen LogP contribution in [0.25, 0.3) is 5.69 Å². The van der Waals surface area contributed by atoms with Gasteiger partial charge >= 0.3 is 6.18 Å². The molecule has 1 aromatic heterocycles. The van der Waals surface area contributed by atoms with Gasteiger partial charge in [0.15, 0.2) is 5.69 Å². The molecule has 7 nitrogen and oxygen atoms in total. The fraction of sp³-hybridized carbons (Fsp3) is 0.0938. The van der Waals surface area contributed by atoms with Crippen LogP contribution < -0.4 is 16.4 Å². The first-order valence-corrected chi connectivity index (χ1v) is 12.9. The maximum Gasteiger partial charge on any atom is 0.435 e. The summed E-state index contributed by atoms with van der Waals surface area (Å²) in [5.41, 5.74) is 8.54. The molecule has 5 aromatic rings. The van der Waals surface area contributed by atoms with E-state index in [1.165, 1.54) is 24.3 Å². The molecule has 0 radical (unpaired) electrons. The van der Waals surface area contributed by atoms with Crippen molar-refractivity contribution in [2.75, 3.05) is 11.1 Å². The van der Waals surface area contributed by atoms with Crippen LogP contribution in [0.2, 0.25) is 0 Å². The largest absolute Gasteiger partial charge is 0.435 e. The minimum Gasteiger partial charge on any atom is -0.399 e. The molecular formula is C32H25F3N6O. The van der Waals surface area contributed by atoms with Crippen molar-refractivity contribution in [2.24, 2.45) is 0 Å². The predicted octanol–water partition coefficient (Wildman–Crippen LogP) is 6.48. The monoisotopic (exact) mass is 566 g/mol. The van der Waals surface area contributed by atoms with Crippen LogP contribution >= 0.6 is 0 Å². The van der Waals surface area contributed by atoms with Crippen LogP contribution in [0, 0.1) is 11.3 Å². The van der Waals surface area contributed by atoms with Crippen molar-refractivity contribution in [3.63, 3.8) is 0 Å². The van der Waals surface area contributed by atoms with Gasteiger partial charge in [0.2, 0.25) is 0 Å². The lowest BCUT2D eigenvalue weighted by molar-refractivity contribution is -0.141. The fourth-order valence-corrected chi connectivity index (χ4v) is 4.51. The first-order valence-electron chi connectivity index (χ1n) is 12.9. The number of aromatic nitrogens is 2. The second-order valence-electron chi connectivity index (χ2n) is 9.53. The van der Waals surface area contributed by atoms with E-state index in [9.17, 15) is 23.2 Å². The molecule has 0 fully saturated rings. The van der Waals surface area contributed by atoms with Crippen LogP contribution in [0.4, 0.5) is 24.5 Å². The molecule has 5 rings (SSSR count). The zero-order valence-corrected chi connectivity index (χ0v) is 22.1. The van der Waals surface area contributed by atoms with Gasteiger partial charge in [-0.15, -0.1) is 0 Å². The van der Waals surface area contributed by atoms with Crippen LogP contribution in [0.15, 0.2) is 109 Å². The Kier molecular flexibility index (Phi) is 8.04. The number of nitriles is 1. The third kappa shape index (κ3) is 6.49. The van der Waals surface area contributed by atoms with Crippen LogP contribution in [0.3, 0.4) is 0 Å². The number of anilines is 2. The number of nitrogens with two attached hydrogens (primary N) is 1. The lowest BCUT2D eigenvalue weighted by atomic mass is 9.97. The lowest BCUT2D eigenvalue weighted by Crippen LogP contribution is -2.22. The van der Waals surface area contributed by atoms with Gasteiger partial charge in [-0.1, -0.05) is 60.7 Å². The standard InChI is InChI=1S/C32H25F3N6O/c33-32(34,35)29-18-28(41(40-29)27-11-4-6-22(16-27)19-36)31(42)39-26-10-5-9-24(17-26)30(23-7-2-1-3-8-23)38-20-21-12-14-25(37)15-13-21/h1-18,30,38H,20,37H2,(H,39,42). The van der Waals surface area contributed by atoms with Crippen LogP contribution in [0.5, 0.6) is 0 Å². The summed E-state index contributed by atoms with van der Waals surface area (Å²) >= 11 is 0. The number of carbonyl (C=O) groups is 1. The van der Waals surface area contributed by atoms with Crippen LogP contribution in [-0.4, -0.2) is 15.7 Å². The van der Waals surface area contributed by atoms with Gasteiger partial charge in [0.25, 0.3) is 5.91 Å². The minimum absolute atomic E-state index is 0.152. The maximum atomic E-state index is 13.6. The molecule has 4 aromatic carbocycles. The van der Waals surface area contributed by atoms with Gasteiger partial charge in [-0.3, -0.25) is 4.79 Å². The summed E-state index contributed by atoms with van der Waals surface area (Å²) < 4.78 is 41.6. The van der Waals surface area contributed by atoms with E-state index in [2.05, 4.69) is 15.7 Å². The van der Waals surface area contributed by atoms with E-state index in [-0.39, 0.29) is 23.0 Å². The van der Waals surface area contributed by atoms with E-state index in [4.69, 9.17) is 5.73 Å². The van der Waals surface area contributed by atoms with E-state index in [1.807, 2.05) is 66.7 Å². The number of nitrogens with one attached hydrogen (secondary N) is 2. The summed E-state index contributed by atoms with van der Waals surface area (Å²) in [6.45, 7) is 0.539. The van der Waals surface area contributed by atoms with Crippen molar-refractivity contribution in [1.29, 1.82) is 5.26 Å². The number of hydrogen-bond donors (Lipinski definition) is 3. The maximum absolute atomic E-state index is 13.6. The third-order valence-corrected chi connectivity index (χ3v) is 6.55. The molecule has 0 saturated carbocycles. The molecule has 42 heavy (non-hydrogen) atoms. The number of halogens is 3. The number of carbonyl (C=O) groups excluding carboxylic acids is 1. The average molecular weight is 567 g/mol. The molecule has 210 valence electrons. The highest BCUT2D eigenvalue weighted by atomic mass is 19.4. The van der Waals surface area contributed by atoms with Gasteiger partial charge in [0.05, 0.1) is 23.4 Å². The molecular weight excluding hydrogens is 541 g/mol. The second-order valence-corrected chi connectivity index (χ2v) is 9.53. The SMILES string of the molecule is N#Cc1cccc(-n2nc(C(F)(F)F)cc2C(=O)Nc2cccc(C(NCc3ccc(N)cc3)c3ccccc3)c2)c1. The Morgan fingerprint density at radius 1 is 0.905 bits per heavy atom. The minimum atomic E-state index is -4.77. The fourth-order valence-electron chi connectivity index (χ4n) is 4.51. The first-order chi connectivity index (χ1) is 20.2. The van der Waals surface area contributed by atoms with Gasteiger partial charge in [-0.2, -0.15) is 23.5 Å². The van der Waals surface area contributed by atoms with Gasteiger partial charge < -0.3 is 16.4 Å². The van der Waals surface area contributed by atoms with Gasteiger partial charge in [-0.25, -0.2) is 4.68 Å². The number of benzene rings is 4. The van der Waals surface area contributed by atoms with E-state index in [1.54, 1.807) is 18.2 Å². The van der Waals surface area contributed by atoms with Crippen molar-refractivity contribution >= 4 is 17.3 Å². The van der Waals surface area contributed by atoms with E-state index < -0.39 is 17.8 Å². The summed E-state index contributed by atoms with van der Waals surface area (Å²) in [6, 6.07) is 32.6. The molecule has 1 atom stereocenters. The van der Waals surface area contributed by atoms with Crippen molar-refractivity contribution in [3.05, 3.63) is 143 Å². The topological polar surface area (TPSA) is 109 Å². The number of alkyl halides is 3. The number of rotatable bonds is 8. The second kappa shape index (κ2) is 12.0. The van der Waals surface area contributed by atoms with Gasteiger partial charge in [-0.05, 0) is 59.2 Å². The Labute approximate surface area is 240 Å². The molecule has 0 bridgehead atoms. The number of nitrogen functional groups attached to an aromatic ring is 1. The molecule has 0 saturated heterocycles. The molecule has 1 unspecified atom stereocenters. The van der Waals surface area contributed by atoms with Crippen molar-refractivity contribution in [2.45, 2.75) is 18.8 Å². The zero-order valence-electron chi connectivity index (χ0n) is 22.1. The van der Waals surface area contributed by atoms with E-state index in [0.717, 1.165) is 21.4 Å². The predicted molar refractivity (Wildman–Crippen MR) is 154 cm³/mol. The first kappa shape index (κ1) is 28.1. The summed E-state index contributed by atoms with van der Waals surface area (Å²) in [6.07, 6.45) is -4.77. The molecule has 0 aliphatic rings. The molecule has 10 heteroatoms. The summed E-state index contributed by atoms with van der Waals surface area (Å²) in [4.78, 5) is 13.4. The Morgan fingerprint density at radius 3 is 2.33 bits per heavy atom. The quantitative estimate of drug-likeness (QED) is 0.186. The molecule has 0 aliphatic carbocycles. The highest BCUT2D eigenvalue weighted by Crippen LogP contribution is 2.30. The Bertz CT molecular complexity index is 1740. The molecule has 1 amide bonds. The van der Waals surface area contributed by atoms with E-state index >= 15 is 0 Å². The number of amides is 1. The lowest BCUT2D eigenvalue weighted by Gasteiger charge is -2.21. The van der Waals surface area contributed by atoms with Crippen molar-refractivity contribution in [3.8, 4) is 11.8 Å². The molecule has 1 heterocycles. The van der Waals surface area contributed by atoms with Gasteiger partial charge in [0.1, 0.15) is 5.69 Å². The summed E-state index contributed by atoms with van der Waals surface area (Å²) in [7, 11) is 0. The summed E-state index contributed by atoms with van der Waals surface area (Å²) in [5.74, 6) is -0.788. The van der Waals surface area contributed by atoms with Gasteiger partial charge in [0, 0.05) is 24.0 Å². The Balaban J connectivity index is 1.45. The average Bonchev–Trinajstić information content (AvgIpc) is 3.46. The molecule has 4 N–H and O–H groups in total. The Hall–Kier alpha value is -5.40. The van der Waals surface area contributed by atoms with Crippen molar-refractivity contribution in [1.82, 2.24) is 15.1 Å². The van der Waals surface area contributed by atoms with Crippen LogP contribution in [0.1, 0.15) is 44.5 Å². The van der Waals surface area contributed by atoms with E-state index in [0.29, 0.717) is 24.0 Å². The normalized spacial score (nSPS) is 12.0.